The highest BCUT2D eigenvalue weighted by atomic mass is 127. The minimum absolute atomic E-state index is 0. The number of benzene rings is 2. The van der Waals surface area contributed by atoms with Gasteiger partial charge < -0.3 is 15.4 Å². The minimum Gasteiger partial charge on any atom is -0.496 e. The highest BCUT2D eigenvalue weighted by Gasteiger charge is 2.05. The average molecular weight is 429 g/mol. The summed E-state index contributed by atoms with van der Waals surface area (Å²) in [7, 11) is 3.32. The standard InChI is InChI=1S/C17H20FN3O.HI/c1-19-17(20-11-13-7-3-5-9-15(13)18)21-12-14-8-4-6-10-16(14)22-2;/h3-10H,11-12H2,1-2H3,(H2,19,20,21);1H. The lowest BCUT2D eigenvalue weighted by molar-refractivity contribution is 0.409. The molecule has 0 saturated heterocycles. The average Bonchev–Trinajstić information content (AvgIpc) is 2.56. The first-order valence-corrected chi connectivity index (χ1v) is 7.04. The molecular weight excluding hydrogens is 408 g/mol. The van der Waals surface area contributed by atoms with Crippen molar-refractivity contribution in [3.8, 4) is 5.75 Å². The van der Waals surface area contributed by atoms with E-state index in [2.05, 4.69) is 15.6 Å². The van der Waals surface area contributed by atoms with Crippen molar-refractivity contribution in [2.75, 3.05) is 14.2 Å². The molecule has 2 aromatic rings. The molecule has 0 aliphatic rings. The first kappa shape index (κ1) is 19.2. The maximum Gasteiger partial charge on any atom is 0.191 e. The van der Waals surface area contributed by atoms with Crippen LogP contribution in [0.3, 0.4) is 0 Å². The van der Waals surface area contributed by atoms with Gasteiger partial charge in [0.2, 0.25) is 0 Å². The third-order valence-corrected chi connectivity index (χ3v) is 3.27. The quantitative estimate of drug-likeness (QED) is 0.436. The molecule has 0 radical (unpaired) electrons. The van der Waals surface area contributed by atoms with Crippen LogP contribution in [0.25, 0.3) is 0 Å². The largest absolute Gasteiger partial charge is 0.496 e. The summed E-state index contributed by atoms with van der Waals surface area (Å²) in [5, 5.41) is 6.28. The predicted octanol–water partition coefficient (Wildman–Crippen LogP) is 3.32. The molecular formula is C17H21FIN3O. The Balaban J connectivity index is 0.00000264. The van der Waals surface area contributed by atoms with Gasteiger partial charge in [0, 0.05) is 31.3 Å². The van der Waals surface area contributed by atoms with Crippen LogP contribution in [0.1, 0.15) is 11.1 Å². The zero-order valence-electron chi connectivity index (χ0n) is 13.2. The van der Waals surface area contributed by atoms with E-state index in [-0.39, 0.29) is 29.8 Å². The van der Waals surface area contributed by atoms with Gasteiger partial charge in [-0.1, -0.05) is 36.4 Å². The van der Waals surface area contributed by atoms with Crippen molar-refractivity contribution in [2.24, 2.45) is 4.99 Å². The topological polar surface area (TPSA) is 45.7 Å². The van der Waals surface area contributed by atoms with E-state index >= 15 is 0 Å². The number of guanidine groups is 1. The van der Waals surface area contributed by atoms with Crippen LogP contribution in [-0.4, -0.2) is 20.1 Å². The number of aliphatic imine (C=N–C) groups is 1. The molecule has 0 saturated carbocycles. The highest BCUT2D eigenvalue weighted by molar-refractivity contribution is 14.0. The summed E-state index contributed by atoms with van der Waals surface area (Å²) < 4.78 is 18.9. The summed E-state index contributed by atoms with van der Waals surface area (Å²) in [4.78, 5) is 4.13. The van der Waals surface area contributed by atoms with Crippen molar-refractivity contribution in [3.05, 3.63) is 65.5 Å². The Kier molecular flexibility index (Phi) is 8.39. The maximum absolute atomic E-state index is 13.6. The molecule has 0 atom stereocenters. The summed E-state index contributed by atoms with van der Waals surface area (Å²) in [5.41, 5.74) is 1.63. The fourth-order valence-electron chi connectivity index (χ4n) is 2.07. The molecule has 0 unspecified atom stereocenters. The van der Waals surface area contributed by atoms with Gasteiger partial charge in [-0.2, -0.15) is 0 Å². The Hall–Kier alpha value is -1.83. The van der Waals surface area contributed by atoms with Crippen molar-refractivity contribution in [3.63, 3.8) is 0 Å². The van der Waals surface area contributed by atoms with E-state index in [0.717, 1.165) is 11.3 Å². The lowest BCUT2D eigenvalue weighted by Gasteiger charge is -2.14. The number of methoxy groups -OCH3 is 1. The SMILES string of the molecule is CN=C(NCc1ccccc1F)NCc1ccccc1OC.I. The lowest BCUT2D eigenvalue weighted by Crippen LogP contribution is -2.36. The zero-order chi connectivity index (χ0) is 15.8. The van der Waals surface area contributed by atoms with Crippen LogP contribution in [0.2, 0.25) is 0 Å². The van der Waals surface area contributed by atoms with E-state index in [1.807, 2.05) is 30.3 Å². The number of nitrogens with zero attached hydrogens (tertiary/aromatic N) is 1. The van der Waals surface area contributed by atoms with Gasteiger partial charge in [0.05, 0.1) is 7.11 Å². The molecule has 0 aliphatic carbocycles. The van der Waals surface area contributed by atoms with E-state index in [0.29, 0.717) is 24.6 Å². The smallest absolute Gasteiger partial charge is 0.191 e. The van der Waals surface area contributed by atoms with Crippen molar-refractivity contribution < 1.29 is 9.13 Å². The van der Waals surface area contributed by atoms with Crippen LogP contribution in [0.5, 0.6) is 5.75 Å². The fourth-order valence-corrected chi connectivity index (χ4v) is 2.07. The summed E-state index contributed by atoms with van der Waals surface area (Å²) in [6.07, 6.45) is 0. The normalized spacial score (nSPS) is 10.7. The van der Waals surface area contributed by atoms with Gasteiger partial charge >= 0.3 is 0 Å². The van der Waals surface area contributed by atoms with E-state index in [1.54, 1.807) is 26.3 Å². The number of halogens is 2. The van der Waals surface area contributed by atoms with E-state index in [1.165, 1.54) is 6.07 Å². The molecule has 2 rings (SSSR count). The van der Waals surface area contributed by atoms with E-state index in [9.17, 15) is 4.39 Å². The Bertz CT molecular complexity index is 649. The van der Waals surface area contributed by atoms with Crippen molar-refractivity contribution in [1.29, 1.82) is 0 Å². The number of ether oxygens (including phenoxy) is 1. The molecule has 124 valence electrons. The maximum atomic E-state index is 13.6. The molecule has 0 aromatic heterocycles. The summed E-state index contributed by atoms with van der Waals surface area (Å²) in [6, 6.07) is 14.4. The molecule has 0 spiro atoms. The summed E-state index contributed by atoms with van der Waals surface area (Å²) >= 11 is 0. The Labute approximate surface area is 153 Å². The van der Waals surface area contributed by atoms with Gasteiger partial charge in [0.1, 0.15) is 11.6 Å². The third kappa shape index (κ3) is 5.70. The van der Waals surface area contributed by atoms with Crippen LogP contribution in [0.4, 0.5) is 4.39 Å². The first-order valence-electron chi connectivity index (χ1n) is 7.04. The fraction of sp³-hybridized carbons (Fsp3) is 0.235. The Morgan fingerprint density at radius 1 is 1.00 bits per heavy atom. The van der Waals surface area contributed by atoms with Crippen LogP contribution in [-0.2, 0) is 13.1 Å². The number of para-hydroxylation sites is 1. The van der Waals surface area contributed by atoms with Gasteiger partial charge in [0.15, 0.2) is 5.96 Å². The van der Waals surface area contributed by atoms with Crippen molar-refractivity contribution >= 4 is 29.9 Å². The van der Waals surface area contributed by atoms with Crippen LogP contribution >= 0.6 is 24.0 Å². The summed E-state index contributed by atoms with van der Waals surface area (Å²) in [5.74, 6) is 1.20. The van der Waals surface area contributed by atoms with Crippen molar-refractivity contribution in [2.45, 2.75) is 13.1 Å². The van der Waals surface area contributed by atoms with Gasteiger partial charge in [-0.25, -0.2) is 4.39 Å². The van der Waals surface area contributed by atoms with E-state index in [4.69, 9.17) is 4.74 Å². The molecule has 0 fully saturated rings. The zero-order valence-corrected chi connectivity index (χ0v) is 15.5. The molecule has 2 aromatic carbocycles. The van der Waals surface area contributed by atoms with Gasteiger partial charge in [-0.15, -0.1) is 24.0 Å². The van der Waals surface area contributed by atoms with Gasteiger partial charge in [-0.3, -0.25) is 4.99 Å². The second-order valence-electron chi connectivity index (χ2n) is 4.68. The number of rotatable bonds is 5. The monoisotopic (exact) mass is 429 g/mol. The lowest BCUT2D eigenvalue weighted by atomic mass is 10.2. The summed E-state index contributed by atoms with van der Waals surface area (Å²) in [6.45, 7) is 0.944. The second kappa shape index (κ2) is 10.0. The molecule has 0 heterocycles. The number of hydrogen-bond donors (Lipinski definition) is 2. The molecule has 2 N–H and O–H groups in total. The number of nitrogens with one attached hydrogen (secondary N) is 2. The minimum atomic E-state index is -0.227. The molecule has 0 aliphatic heterocycles. The van der Waals surface area contributed by atoms with Crippen LogP contribution in [0, 0.1) is 5.82 Å². The number of hydrogen-bond acceptors (Lipinski definition) is 2. The third-order valence-electron chi connectivity index (χ3n) is 3.27. The predicted molar refractivity (Wildman–Crippen MR) is 102 cm³/mol. The molecule has 4 nitrogen and oxygen atoms in total. The van der Waals surface area contributed by atoms with Gasteiger partial charge in [-0.05, 0) is 12.1 Å². The Morgan fingerprint density at radius 2 is 1.57 bits per heavy atom. The first-order chi connectivity index (χ1) is 10.7. The molecule has 0 bridgehead atoms. The second-order valence-corrected chi connectivity index (χ2v) is 4.68. The van der Waals surface area contributed by atoms with Crippen molar-refractivity contribution in [1.82, 2.24) is 10.6 Å². The molecule has 6 heteroatoms. The Morgan fingerprint density at radius 3 is 2.17 bits per heavy atom. The highest BCUT2D eigenvalue weighted by Crippen LogP contribution is 2.16. The molecule has 23 heavy (non-hydrogen) atoms. The van der Waals surface area contributed by atoms with Crippen LogP contribution in [0.15, 0.2) is 53.5 Å². The van der Waals surface area contributed by atoms with E-state index < -0.39 is 0 Å². The molecule has 0 amide bonds. The van der Waals surface area contributed by atoms with Gasteiger partial charge in [0.25, 0.3) is 0 Å². The van der Waals surface area contributed by atoms with Crippen LogP contribution < -0.4 is 15.4 Å².